The van der Waals surface area contributed by atoms with Gasteiger partial charge in [-0.05, 0) is 90.4 Å². The van der Waals surface area contributed by atoms with Crippen LogP contribution < -0.4 is 19.3 Å². The van der Waals surface area contributed by atoms with Gasteiger partial charge in [0.15, 0.2) is 0 Å². The van der Waals surface area contributed by atoms with Crippen LogP contribution in [0.3, 0.4) is 0 Å². The molecule has 5 rings (SSSR count). The van der Waals surface area contributed by atoms with Gasteiger partial charge in [-0.1, -0.05) is 57.5 Å². The summed E-state index contributed by atoms with van der Waals surface area (Å²) < 4.78 is 22.0. The molecule has 1 aliphatic carbocycles. The number of methoxy groups -OCH3 is 4. The Morgan fingerprint density at radius 3 is 2.09 bits per heavy atom. The Kier molecular flexibility index (Phi) is 10.6. The number of fused-ring (bicyclic) bond motifs is 2. The van der Waals surface area contributed by atoms with Crippen LogP contribution in [0.25, 0.3) is 0 Å². The first-order chi connectivity index (χ1) is 22.1. The summed E-state index contributed by atoms with van der Waals surface area (Å²) in [6.45, 7) is 12.5. The topological polar surface area (TPSA) is 43.4 Å². The predicted octanol–water partition coefficient (Wildman–Crippen LogP) is 8.69. The van der Waals surface area contributed by atoms with E-state index in [2.05, 4.69) is 92.1 Å². The number of hydrogen-bond acceptors (Lipinski definition) is 6. The lowest BCUT2D eigenvalue weighted by molar-refractivity contribution is 0.195. The fourth-order valence-corrected chi connectivity index (χ4v) is 7.69. The van der Waals surface area contributed by atoms with E-state index in [0.29, 0.717) is 0 Å². The molecule has 1 unspecified atom stereocenters. The lowest BCUT2D eigenvalue weighted by Crippen LogP contribution is -2.40. The van der Waals surface area contributed by atoms with Crippen LogP contribution in [-0.4, -0.2) is 60.8 Å². The van der Waals surface area contributed by atoms with E-state index < -0.39 is 0 Å². The van der Waals surface area contributed by atoms with Crippen molar-refractivity contribution in [3.63, 3.8) is 0 Å². The summed E-state index contributed by atoms with van der Waals surface area (Å²) in [5.41, 5.74) is 8.46. The van der Waals surface area contributed by atoms with Crippen LogP contribution in [-0.2, 0) is 20.3 Å². The third kappa shape index (κ3) is 6.49. The average molecular weight is 647 g/mol. The van der Waals surface area contributed by atoms with Crippen LogP contribution in [0.15, 0.2) is 82.6 Å². The maximum absolute atomic E-state index is 7.13. The van der Waals surface area contributed by atoms with Gasteiger partial charge in [-0.3, -0.25) is 0 Å². The summed E-state index contributed by atoms with van der Waals surface area (Å²) in [5.74, 6) is 1.77. The Morgan fingerprint density at radius 2 is 1.43 bits per heavy atom. The standard InChI is InChI=1S/C39H51ClN2O4/c1-38(2)31-25-29(45-7)15-17-33(31)41(21-9-23-43-5)35(38)19-13-27-11-12-28(37(27)40)14-20-36-39(3,4)32-26-30(46-8)16-18-34(32)42(36)22-10-24-44-6/h13-20,25-26,35H,9-12,21-24H2,1-8H3/b19-13+,28-14+,36-20+. The zero-order valence-electron chi connectivity index (χ0n) is 28.9. The van der Waals surface area contributed by atoms with E-state index >= 15 is 0 Å². The van der Waals surface area contributed by atoms with E-state index in [0.717, 1.165) is 68.5 Å². The Morgan fingerprint density at radius 1 is 0.804 bits per heavy atom. The van der Waals surface area contributed by atoms with Crippen molar-refractivity contribution in [3.05, 3.63) is 93.7 Å². The van der Waals surface area contributed by atoms with Crippen LogP contribution in [0, 0.1) is 0 Å². The molecule has 1 atom stereocenters. The summed E-state index contributed by atoms with van der Waals surface area (Å²) in [7, 11) is 6.99. The minimum Gasteiger partial charge on any atom is -0.497 e. The SMILES string of the molecule is COCCCN1/C(=C/C=C2\CCC(/C=C/C3N(CCCOC)c4ccc(OC)cc4C3(C)C)=C2Cl)C(C)(C)c2cc(OC)ccc21. The summed E-state index contributed by atoms with van der Waals surface area (Å²) in [4.78, 5) is 4.95. The number of hydrogen-bond donors (Lipinski definition) is 0. The van der Waals surface area contributed by atoms with Gasteiger partial charge in [0.2, 0.25) is 0 Å². The molecule has 0 aromatic heterocycles. The molecule has 46 heavy (non-hydrogen) atoms. The fraction of sp³-hybridized carbons (Fsp3) is 0.487. The Hall–Kier alpha value is -3.19. The Bertz CT molecular complexity index is 1540. The van der Waals surface area contributed by atoms with Gasteiger partial charge in [0.25, 0.3) is 0 Å². The maximum atomic E-state index is 7.13. The quantitative estimate of drug-likeness (QED) is 0.203. The van der Waals surface area contributed by atoms with Crippen molar-refractivity contribution in [3.8, 4) is 11.5 Å². The van der Waals surface area contributed by atoms with Crippen molar-refractivity contribution in [2.45, 2.75) is 70.3 Å². The van der Waals surface area contributed by atoms with Crippen molar-refractivity contribution < 1.29 is 18.9 Å². The molecule has 0 radical (unpaired) electrons. The molecular formula is C39H51ClN2O4. The summed E-state index contributed by atoms with van der Waals surface area (Å²) in [6, 6.07) is 13.0. The van der Waals surface area contributed by atoms with E-state index in [4.69, 9.17) is 30.5 Å². The number of benzene rings is 2. The third-order valence-electron chi connectivity index (χ3n) is 10.0. The monoisotopic (exact) mass is 646 g/mol. The highest BCUT2D eigenvalue weighted by Gasteiger charge is 2.43. The number of nitrogens with zero attached hydrogens (tertiary/aromatic N) is 2. The third-order valence-corrected chi connectivity index (χ3v) is 10.5. The van der Waals surface area contributed by atoms with Gasteiger partial charge in [0, 0.05) is 73.5 Å². The molecule has 0 N–H and O–H groups in total. The highest BCUT2D eigenvalue weighted by molar-refractivity contribution is 6.33. The van der Waals surface area contributed by atoms with Crippen LogP contribution >= 0.6 is 11.6 Å². The van der Waals surface area contributed by atoms with Crippen LogP contribution in [0.1, 0.15) is 64.5 Å². The van der Waals surface area contributed by atoms with Crippen LogP contribution in [0.5, 0.6) is 11.5 Å². The molecule has 248 valence electrons. The minimum atomic E-state index is -0.177. The smallest absolute Gasteiger partial charge is 0.119 e. The zero-order chi connectivity index (χ0) is 33.1. The van der Waals surface area contributed by atoms with Gasteiger partial charge >= 0.3 is 0 Å². The largest absolute Gasteiger partial charge is 0.497 e. The molecular weight excluding hydrogens is 596 g/mol. The Balaban J connectivity index is 1.43. The zero-order valence-corrected chi connectivity index (χ0v) is 29.7. The second-order valence-corrected chi connectivity index (χ2v) is 13.9. The van der Waals surface area contributed by atoms with Crippen LogP contribution in [0.4, 0.5) is 11.4 Å². The number of ether oxygens (including phenoxy) is 4. The molecule has 2 aromatic rings. The number of halogens is 1. The minimum absolute atomic E-state index is 0.0970. The Labute approximate surface area is 281 Å². The van der Waals surface area contributed by atoms with Gasteiger partial charge in [-0.15, -0.1) is 0 Å². The molecule has 3 aliphatic rings. The molecule has 6 nitrogen and oxygen atoms in total. The molecule has 0 bridgehead atoms. The number of anilines is 2. The summed E-state index contributed by atoms with van der Waals surface area (Å²) in [5, 5.41) is 0.870. The van der Waals surface area contributed by atoms with E-state index in [1.165, 1.54) is 39.3 Å². The lowest BCUT2D eigenvalue weighted by atomic mass is 9.80. The molecule has 0 amide bonds. The van der Waals surface area contributed by atoms with Crippen molar-refractivity contribution in [2.75, 3.05) is 64.5 Å². The molecule has 0 saturated carbocycles. The lowest BCUT2D eigenvalue weighted by Gasteiger charge is -2.32. The molecule has 0 saturated heterocycles. The second-order valence-electron chi connectivity index (χ2n) is 13.5. The van der Waals surface area contributed by atoms with Gasteiger partial charge in [-0.2, -0.15) is 0 Å². The van der Waals surface area contributed by atoms with Crippen molar-refractivity contribution >= 4 is 23.0 Å². The highest BCUT2D eigenvalue weighted by Crippen LogP contribution is 2.50. The van der Waals surface area contributed by atoms with E-state index in [1.807, 2.05) is 6.07 Å². The van der Waals surface area contributed by atoms with E-state index in [-0.39, 0.29) is 16.9 Å². The number of rotatable bonds is 13. The van der Waals surface area contributed by atoms with E-state index in [9.17, 15) is 0 Å². The molecule has 2 heterocycles. The highest BCUT2D eigenvalue weighted by atomic mass is 35.5. The van der Waals surface area contributed by atoms with Crippen molar-refractivity contribution in [1.29, 1.82) is 0 Å². The molecule has 7 heteroatoms. The average Bonchev–Trinajstić information content (AvgIpc) is 3.58. The van der Waals surface area contributed by atoms with Crippen LogP contribution in [0.2, 0.25) is 0 Å². The predicted molar refractivity (Wildman–Crippen MR) is 191 cm³/mol. The first kappa shape index (κ1) is 34.2. The fourth-order valence-electron chi connectivity index (χ4n) is 7.37. The summed E-state index contributed by atoms with van der Waals surface area (Å²) in [6.07, 6.45) is 12.9. The first-order valence-corrected chi connectivity index (χ1v) is 16.8. The van der Waals surface area contributed by atoms with E-state index in [1.54, 1.807) is 28.4 Å². The van der Waals surface area contributed by atoms with Gasteiger partial charge in [0.05, 0.1) is 20.3 Å². The molecule has 0 spiro atoms. The number of allylic oxidation sites excluding steroid dienone is 7. The normalized spacial score (nSPS) is 21.6. The van der Waals surface area contributed by atoms with Crippen molar-refractivity contribution in [1.82, 2.24) is 0 Å². The van der Waals surface area contributed by atoms with Gasteiger partial charge < -0.3 is 28.7 Å². The molecule has 0 fully saturated rings. The maximum Gasteiger partial charge on any atom is 0.119 e. The van der Waals surface area contributed by atoms with Gasteiger partial charge in [0.1, 0.15) is 11.5 Å². The van der Waals surface area contributed by atoms with Crippen molar-refractivity contribution in [2.24, 2.45) is 0 Å². The second kappa shape index (κ2) is 14.3. The molecule has 2 aromatic carbocycles. The summed E-state index contributed by atoms with van der Waals surface area (Å²) >= 11 is 7.13. The van der Waals surface area contributed by atoms with Gasteiger partial charge in [-0.25, -0.2) is 0 Å². The first-order valence-electron chi connectivity index (χ1n) is 16.5. The molecule has 2 aliphatic heterocycles.